The number of hydrogen-bond donors (Lipinski definition) is 1. The van der Waals surface area contributed by atoms with Crippen molar-refractivity contribution in [2.24, 2.45) is 5.16 Å². The molecule has 0 spiro atoms. The Bertz CT molecular complexity index is 628. The van der Waals surface area contributed by atoms with Crippen LogP contribution in [-0.2, 0) is 10.4 Å². The van der Waals surface area contributed by atoms with Crippen molar-refractivity contribution in [3.63, 3.8) is 0 Å². The molecule has 4 heteroatoms. The number of nitrogens with zero attached hydrogens (tertiary/aromatic N) is 2. The number of benzene rings is 1. The highest BCUT2D eigenvalue weighted by atomic mass is 16.7. The molecule has 0 amide bonds. The topological polar surface area (TPSA) is 45.1 Å². The van der Waals surface area contributed by atoms with Crippen LogP contribution < -0.4 is 0 Å². The molecule has 3 rings (SSSR count). The van der Waals surface area contributed by atoms with Gasteiger partial charge in [-0.2, -0.15) is 0 Å². The normalized spacial score (nSPS) is 26.9. The molecule has 1 saturated heterocycles. The molecule has 0 aromatic heterocycles. The van der Waals surface area contributed by atoms with E-state index in [9.17, 15) is 5.11 Å². The van der Waals surface area contributed by atoms with Crippen LogP contribution in [0.15, 0.2) is 59.9 Å². The minimum atomic E-state index is -1.26. The fraction of sp³-hybridized carbons (Fsp3) is 0.421. The Hall–Kier alpha value is -2.07. The molecular weight excluding hydrogens is 288 g/mol. The first-order chi connectivity index (χ1) is 11.0. The third kappa shape index (κ3) is 2.91. The first kappa shape index (κ1) is 15.8. The van der Waals surface area contributed by atoms with E-state index in [1.807, 2.05) is 62.4 Å². The molecule has 23 heavy (non-hydrogen) atoms. The van der Waals surface area contributed by atoms with Crippen molar-refractivity contribution in [1.82, 2.24) is 4.90 Å². The van der Waals surface area contributed by atoms with Gasteiger partial charge in [-0.3, -0.25) is 0 Å². The molecule has 1 unspecified atom stereocenters. The van der Waals surface area contributed by atoms with E-state index in [4.69, 9.17) is 4.84 Å². The summed E-state index contributed by atoms with van der Waals surface area (Å²) >= 11 is 0. The van der Waals surface area contributed by atoms with Gasteiger partial charge < -0.3 is 14.8 Å². The SMILES string of the molecule is CC1(C)ON=C(/C=C/C=C/N2CCCC2)C1(O)c1ccccc1. The largest absolute Gasteiger partial charge is 0.386 e. The average Bonchev–Trinajstić information content (AvgIpc) is 3.14. The van der Waals surface area contributed by atoms with E-state index in [0.29, 0.717) is 5.71 Å². The maximum Gasteiger partial charge on any atom is 0.176 e. The number of allylic oxidation sites excluding steroid dienone is 2. The predicted molar refractivity (Wildman–Crippen MR) is 92.0 cm³/mol. The van der Waals surface area contributed by atoms with Gasteiger partial charge in [0, 0.05) is 13.1 Å². The van der Waals surface area contributed by atoms with E-state index >= 15 is 0 Å². The van der Waals surface area contributed by atoms with Gasteiger partial charge in [-0.15, -0.1) is 0 Å². The number of likely N-dealkylation sites (tertiary alicyclic amines) is 1. The maximum absolute atomic E-state index is 11.3. The third-order valence-corrected chi connectivity index (χ3v) is 4.61. The molecule has 1 aromatic carbocycles. The van der Waals surface area contributed by atoms with Crippen LogP contribution in [0.1, 0.15) is 32.3 Å². The molecule has 2 aliphatic rings. The number of aliphatic hydroxyl groups is 1. The Morgan fingerprint density at radius 2 is 1.83 bits per heavy atom. The van der Waals surface area contributed by atoms with Gasteiger partial charge >= 0.3 is 0 Å². The quantitative estimate of drug-likeness (QED) is 0.868. The van der Waals surface area contributed by atoms with E-state index in [1.54, 1.807) is 0 Å². The smallest absolute Gasteiger partial charge is 0.176 e. The van der Waals surface area contributed by atoms with E-state index < -0.39 is 11.2 Å². The van der Waals surface area contributed by atoms with Crippen LogP contribution in [0.4, 0.5) is 0 Å². The number of oxime groups is 1. The molecule has 2 aliphatic heterocycles. The summed E-state index contributed by atoms with van der Waals surface area (Å²) in [6, 6.07) is 9.56. The summed E-state index contributed by atoms with van der Waals surface area (Å²) in [5, 5.41) is 15.4. The molecule has 1 fully saturated rings. The summed E-state index contributed by atoms with van der Waals surface area (Å²) in [4.78, 5) is 7.80. The van der Waals surface area contributed by atoms with Gasteiger partial charge in [0.1, 0.15) is 5.71 Å². The molecule has 1 atom stereocenters. The molecule has 0 radical (unpaired) electrons. The monoisotopic (exact) mass is 312 g/mol. The Morgan fingerprint density at radius 3 is 2.52 bits per heavy atom. The van der Waals surface area contributed by atoms with Crippen molar-refractivity contribution in [1.29, 1.82) is 0 Å². The molecule has 0 saturated carbocycles. The second-order valence-electron chi connectivity index (χ2n) is 6.60. The zero-order valence-electron chi connectivity index (χ0n) is 13.8. The van der Waals surface area contributed by atoms with Crippen molar-refractivity contribution in [2.75, 3.05) is 13.1 Å². The van der Waals surface area contributed by atoms with Gasteiger partial charge in [0.2, 0.25) is 0 Å². The van der Waals surface area contributed by atoms with Crippen LogP contribution in [0.25, 0.3) is 0 Å². The van der Waals surface area contributed by atoms with Crippen molar-refractivity contribution >= 4 is 5.71 Å². The average molecular weight is 312 g/mol. The second kappa shape index (κ2) is 6.20. The van der Waals surface area contributed by atoms with E-state index in [1.165, 1.54) is 12.8 Å². The van der Waals surface area contributed by atoms with Crippen LogP contribution in [0.5, 0.6) is 0 Å². The zero-order chi connectivity index (χ0) is 16.3. The highest BCUT2D eigenvalue weighted by molar-refractivity contribution is 6.04. The lowest BCUT2D eigenvalue weighted by Gasteiger charge is -2.34. The highest BCUT2D eigenvalue weighted by Crippen LogP contribution is 2.42. The summed E-state index contributed by atoms with van der Waals surface area (Å²) < 4.78 is 0. The van der Waals surface area contributed by atoms with Gasteiger partial charge in [-0.1, -0.05) is 41.6 Å². The Kier molecular flexibility index (Phi) is 4.26. The lowest BCUT2D eigenvalue weighted by atomic mass is 9.77. The molecule has 2 heterocycles. The summed E-state index contributed by atoms with van der Waals surface area (Å²) in [7, 11) is 0. The van der Waals surface area contributed by atoms with E-state index in [-0.39, 0.29) is 0 Å². The fourth-order valence-electron chi connectivity index (χ4n) is 3.14. The van der Waals surface area contributed by atoms with Crippen LogP contribution in [0.3, 0.4) is 0 Å². The molecule has 1 aromatic rings. The highest BCUT2D eigenvalue weighted by Gasteiger charge is 2.55. The molecule has 0 bridgehead atoms. The first-order valence-corrected chi connectivity index (χ1v) is 8.17. The molecule has 0 aliphatic carbocycles. The molecule has 122 valence electrons. The minimum Gasteiger partial charge on any atom is -0.386 e. The van der Waals surface area contributed by atoms with Crippen LogP contribution in [0, 0.1) is 0 Å². The van der Waals surface area contributed by atoms with Gasteiger partial charge in [-0.25, -0.2) is 0 Å². The Balaban J connectivity index is 1.80. The number of hydrogen-bond acceptors (Lipinski definition) is 4. The lowest BCUT2D eigenvalue weighted by molar-refractivity contribution is -0.106. The number of rotatable bonds is 4. The van der Waals surface area contributed by atoms with Crippen molar-refractivity contribution in [3.05, 3.63) is 60.3 Å². The van der Waals surface area contributed by atoms with Gasteiger partial charge in [0.15, 0.2) is 11.2 Å². The summed E-state index contributed by atoms with van der Waals surface area (Å²) in [6.45, 7) is 5.94. The van der Waals surface area contributed by atoms with E-state index in [2.05, 4.69) is 16.3 Å². The van der Waals surface area contributed by atoms with Crippen molar-refractivity contribution < 1.29 is 9.94 Å². The minimum absolute atomic E-state index is 0.528. The lowest BCUT2D eigenvalue weighted by Crippen LogP contribution is -2.49. The third-order valence-electron chi connectivity index (χ3n) is 4.61. The summed E-state index contributed by atoms with van der Waals surface area (Å²) in [5.74, 6) is 0. The summed E-state index contributed by atoms with van der Waals surface area (Å²) in [5.41, 5.74) is -0.756. The van der Waals surface area contributed by atoms with E-state index in [0.717, 1.165) is 18.7 Å². The molecular formula is C19H24N2O2. The van der Waals surface area contributed by atoms with Crippen LogP contribution in [-0.4, -0.2) is 34.4 Å². The zero-order valence-corrected chi connectivity index (χ0v) is 13.8. The maximum atomic E-state index is 11.3. The van der Waals surface area contributed by atoms with Crippen LogP contribution in [0.2, 0.25) is 0 Å². The Labute approximate surface area is 137 Å². The predicted octanol–water partition coefficient (Wildman–Crippen LogP) is 3.20. The van der Waals surface area contributed by atoms with Crippen LogP contribution >= 0.6 is 0 Å². The first-order valence-electron chi connectivity index (χ1n) is 8.17. The van der Waals surface area contributed by atoms with Gasteiger partial charge in [0.25, 0.3) is 0 Å². The fourth-order valence-corrected chi connectivity index (χ4v) is 3.14. The van der Waals surface area contributed by atoms with Crippen molar-refractivity contribution in [3.8, 4) is 0 Å². The Morgan fingerprint density at radius 1 is 1.13 bits per heavy atom. The van der Waals surface area contributed by atoms with Gasteiger partial charge in [0.05, 0.1) is 0 Å². The standard InChI is InChI=1S/C19H24N2O2/c1-18(2)19(22,16-10-4-3-5-11-16)17(20-23-18)12-6-7-13-21-14-8-9-15-21/h3-7,10-13,22H,8-9,14-15H2,1-2H3/b12-6+,13-7+. The second-order valence-corrected chi connectivity index (χ2v) is 6.60. The van der Waals surface area contributed by atoms with Gasteiger partial charge in [-0.05, 0) is 50.6 Å². The molecule has 4 nitrogen and oxygen atoms in total. The molecule has 1 N–H and O–H groups in total. The van der Waals surface area contributed by atoms with Crippen molar-refractivity contribution in [2.45, 2.75) is 37.9 Å². The summed E-state index contributed by atoms with van der Waals surface area (Å²) in [6.07, 6.45) is 10.3.